The molecule has 0 fully saturated rings. The molecule has 172 valence electrons. The number of hydrogen-bond donors (Lipinski definition) is 2. The summed E-state index contributed by atoms with van der Waals surface area (Å²) in [5.41, 5.74) is 7.12. The Morgan fingerprint density at radius 1 is 0.765 bits per heavy atom. The summed E-state index contributed by atoms with van der Waals surface area (Å²) in [6.45, 7) is 9.30. The minimum Gasteiger partial charge on any atom is -0.350 e. The van der Waals surface area contributed by atoms with Crippen LogP contribution in [0.5, 0.6) is 0 Å². The van der Waals surface area contributed by atoms with Crippen molar-refractivity contribution in [1.29, 1.82) is 0 Å². The Morgan fingerprint density at radius 2 is 1.44 bits per heavy atom. The molecule has 6 nitrogen and oxygen atoms in total. The molecule has 4 rings (SSSR count). The molecule has 2 N–H and O–H groups in total. The molecular formula is C28H27N3O3. The molecule has 1 heterocycles. The van der Waals surface area contributed by atoms with Gasteiger partial charge in [0.1, 0.15) is 5.70 Å². The molecule has 34 heavy (non-hydrogen) atoms. The third kappa shape index (κ3) is 4.22. The lowest BCUT2D eigenvalue weighted by atomic mass is 9.99. The largest absolute Gasteiger partial charge is 0.350 e. The lowest BCUT2D eigenvalue weighted by molar-refractivity contribution is -0.120. The van der Waals surface area contributed by atoms with E-state index in [4.69, 9.17) is 0 Å². The summed E-state index contributed by atoms with van der Waals surface area (Å²) in [4.78, 5) is 39.9. The summed E-state index contributed by atoms with van der Waals surface area (Å²) in [5.74, 6) is -0.932. The number of nitrogens with zero attached hydrogens (tertiary/aromatic N) is 1. The Balaban J connectivity index is 1.80. The van der Waals surface area contributed by atoms with Gasteiger partial charge in [-0.05, 0) is 85.8 Å². The minimum absolute atomic E-state index is 0.166. The molecule has 1 aliphatic heterocycles. The predicted molar refractivity (Wildman–Crippen MR) is 136 cm³/mol. The van der Waals surface area contributed by atoms with Crippen molar-refractivity contribution < 1.29 is 14.4 Å². The average molecular weight is 454 g/mol. The van der Waals surface area contributed by atoms with E-state index in [1.165, 1.54) is 11.8 Å². The molecule has 0 radical (unpaired) electrons. The van der Waals surface area contributed by atoms with Gasteiger partial charge in [0.15, 0.2) is 0 Å². The number of amides is 3. The zero-order valence-corrected chi connectivity index (χ0v) is 19.9. The number of anilines is 3. The molecule has 1 aliphatic rings. The van der Waals surface area contributed by atoms with Gasteiger partial charge in [0.05, 0.1) is 11.3 Å². The number of nitrogens with one attached hydrogen (secondary N) is 2. The van der Waals surface area contributed by atoms with E-state index in [-0.39, 0.29) is 17.5 Å². The second-order valence-corrected chi connectivity index (χ2v) is 8.60. The lowest BCUT2D eigenvalue weighted by Crippen LogP contribution is -2.33. The summed E-state index contributed by atoms with van der Waals surface area (Å²) >= 11 is 0. The number of benzene rings is 3. The molecule has 0 unspecified atom stereocenters. The van der Waals surface area contributed by atoms with Crippen molar-refractivity contribution in [3.05, 3.63) is 94.2 Å². The van der Waals surface area contributed by atoms with Crippen LogP contribution in [0.4, 0.5) is 17.1 Å². The molecule has 0 aliphatic carbocycles. The van der Waals surface area contributed by atoms with Crippen molar-refractivity contribution in [1.82, 2.24) is 0 Å². The van der Waals surface area contributed by atoms with Gasteiger partial charge in [0, 0.05) is 18.3 Å². The first-order valence-electron chi connectivity index (χ1n) is 11.1. The van der Waals surface area contributed by atoms with Crippen LogP contribution in [0.2, 0.25) is 0 Å². The molecule has 0 bridgehead atoms. The fourth-order valence-electron chi connectivity index (χ4n) is 3.99. The summed E-state index contributed by atoms with van der Waals surface area (Å²) in [6, 6.07) is 18.4. The molecule has 3 amide bonds. The first-order chi connectivity index (χ1) is 16.2. The van der Waals surface area contributed by atoms with E-state index in [1.807, 2.05) is 58.0 Å². The third-order valence-electron chi connectivity index (χ3n) is 6.17. The van der Waals surface area contributed by atoms with Crippen molar-refractivity contribution >= 4 is 40.4 Å². The van der Waals surface area contributed by atoms with Crippen LogP contribution in [0.1, 0.15) is 34.7 Å². The smallest absolute Gasteiger partial charge is 0.282 e. The molecule has 0 saturated carbocycles. The Labute approximate surface area is 199 Å². The highest BCUT2D eigenvalue weighted by Crippen LogP contribution is 2.36. The van der Waals surface area contributed by atoms with Crippen LogP contribution in [-0.4, -0.2) is 17.7 Å². The van der Waals surface area contributed by atoms with Crippen LogP contribution in [-0.2, 0) is 14.4 Å². The van der Waals surface area contributed by atoms with Crippen LogP contribution in [0.25, 0.3) is 5.57 Å². The highest BCUT2D eigenvalue weighted by Gasteiger charge is 2.41. The lowest BCUT2D eigenvalue weighted by Gasteiger charge is -2.19. The maximum atomic E-state index is 13.7. The zero-order chi connectivity index (χ0) is 24.6. The topological polar surface area (TPSA) is 78.5 Å². The highest BCUT2D eigenvalue weighted by atomic mass is 16.2. The van der Waals surface area contributed by atoms with Crippen LogP contribution < -0.4 is 15.5 Å². The fourth-order valence-corrected chi connectivity index (χ4v) is 3.99. The highest BCUT2D eigenvalue weighted by molar-refractivity contribution is 6.46. The number of imide groups is 1. The molecular weight excluding hydrogens is 426 g/mol. The molecule has 0 saturated heterocycles. The average Bonchev–Trinajstić information content (AvgIpc) is 3.02. The van der Waals surface area contributed by atoms with E-state index in [2.05, 4.69) is 10.6 Å². The van der Waals surface area contributed by atoms with Crippen LogP contribution in [0, 0.1) is 27.7 Å². The second kappa shape index (κ2) is 8.98. The van der Waals surface area contributed by atoms with Crippen molar-refractivity contribution in [2.24, 2.45) is 0 Å². The quantitative estimate of drug-likeness (QED) is 0.516. The summed E-state index contributed by atoms with van der Waals surface area (Å²) in [6.07, 6.45) is 0. The number of hydrogen-bond acceptors (Lipinski definition) is 4. The van der Waals surface area contributed by atoms with Crippen molar-refractivity contribution in [3.8, 4) is 0 Å². The molecule has 3 aromatic carbocycles. The minimum atomic E-state index is -0.405. The summed E-state index contributed by atoms with van der Waals surface area (Å²) in [7, 11) is 0. The summed E-state index contributed by atoms with van der Waals surface area (Å²) < 4.78 is 0. The molecule has 3 aromatic rings. The van der Waals surface area contributed by atoms with Gasteiger partial charge in [-0.1, -0.05) is 30.3 Å². The number of rotatable bonds is 5. The first-order valence-corrected chi connectivity index (χ1v) is 11.1. The Hall–Kier alpha value is -4.19. The van der Waals surface area contributed by atoms with Gasteiger partial charge < -0.3 is 10.6 Å². The maximum Gasteiger partial charge on any atom is 0.282 e. The van der Waals surface area contributed by atoms with Gasteiger partial charge in [-0.15, -0.1) is 0 Å². The molecule has 0 aromatic heterocycles. The molecule has 0 atom stereocenters. The number of carbonyl (C=O) groups is 3. The van der Waals surface area contributed by atoms with E-state index in [9.17, 15) is 14.4 Å². The van der Waals surface area contributed by atoms with E-state index in [0.29, 0.717) is 28.2 Å². The standard InChI is InChI=1S/C28H27N3O3/c1-16-9-10-21(15-18(16)3)25-26(30-23-13-11-22(12-14-23)29-20(5)32)28(34)31(27(25)33)24-8-6-7-17(2)19(24)4/h6-15,30H,1-5H3,(H,29,32). The van der Waals surface area contributed by atoms with E-state index in [1.54, 1.807) is 30.3 Å². The number of carbonyl (C=O) groups excluding carboxylic acids is 3. The van der Waals surface area contributed by atoms with Gasteiger partial charge in [0.25, 0.3) is 11.8 Å². The van der Waals surface area contributed by atoms with Gasteiger partial charge in [0.2, 0.25) is 5.91 Å². The van der Waals surface area contributed by atoms with Gasteiger partial charge in [-0.3, -0.25) is 14.4 Å². The van der Waals surface area contributed by atoms with Gasteiger partial charge in [-0.2, -0.15) is 0 Å². The van der Waals surface area contributed by atoms with Gasteiger partial charge >= 0.3 is 0 Å². The first kappa shape index (κ1) is 23.0. The zero-order valence-electron chi connectivity index (χ0n) is 19.9. The maximum absolute atomic E-state index is 13.7. The van der Waals surface area contributed by atoms with Gasteiger partial charge in [-0.25, -0.2) is 4.90 Å². The van der Waals surface area contributed by atoms with Crippen molar-refractivity contribution in [2.75, 3.05) is 15.5 Å². The Bertz CT molecular complexity index is 1350. The summed E-state index contributed by atoms with van der Waals surface area (Å²) in [5, 5.41) is 5.89. The monoisotopic (exact) mass is 453 g/mol. The SMILES string of the molecule is CC(=O)Nc1ccc(NC2=C(c3ccc(C)c(C)c3)C(=O)N(c3cccc(C)c3C)C2=O)cc1. The van der Waals surface area contributed by atoms with E-state index in [0.717, 1.165) is 22.3 Å². The van der Waals surface area contributed by atoms with E-state index < -0.39 is 5.91 Å². The molecule has 6 heteroatoms. The van der Waals surface area contributed by atoms with E-state index >= 15 is 0 Å². The number of aryl methyl sites for hydroxylation is 3. The second-order valence-electron chi connectivity index (χ2n) is 8.60. The normalized spacial score (nSPS) is 13.5. The Kier molecular flexibility index (Phi) is 6.07. The predicted octanol–water partition coefficient (Wildman–Crippen LogP) is 5.28. The fraction of sp³-hybridized carbons (Fsp3) is 0.179. The Morgan fingerprint density at radius 3 is 2.09 bits per heavy atom. The van der Waals surface area contributed by atoms with Crippen LogP contribution >= 0.6 is 0 Å². The van der Waals surface area contributed by atoms with Crippen LogP contribution in [0.15, 0.2) is 66.4 Å². The van der Waals surface area contributed by atoms with Crippen molar-refractivity contribution in [3.63, 3.8) is 0 Å². The van der Waals surface area contributed by atoms with Crippen LogP contribution in [0.3, 0.4) is 0 Å². The van der Waals surface area contributed by atoms with Crippen molar-refractivity contribution in [2.45, 2.75) is 34.6 Å². The third-order valence-corrected chi connectivity index (χ3v) is 6.17. The molecule has 0 spiro atoms.